The molecule has 2 aromatic rings. The molecule has 0 unspecified atom stereocenters. The van der Waals surface area contributed by atoms with E-state index in [1.165, 1.54) is 11.3 Å². The molecule has 3 rings (SSSR count). The standard InChI is InChI=1S/C15H12BrN3S/c16-11-5-3-10(4-6-11)14-9-20-15(19-14)12(8-17)13-2-1-7-18-13/h3-6,9,18H,1-2,7H2/b13-12+. The predicted molar refractivity (Wildman–Crippen MR) is 85.0 cm³/mol. The van der Waals surface area contributed by atoms with E-state index in [1.807, 2.05) is 29.6 Å². The van der Waals surface area contributed by atoms with Gasteiger partial charge in [0.25, 0.3) is 0 Å². The van der Waals surface area contributed by atoms with Gasteiger partial charge in [-0.15, -0.1) is 11.3 Å². The summed E-state index contributed by atoms with van der Waals surface area (Å²) in [5, 5.41) is 15.5. The summed E-state index contributed by atoms with van der Waals surface area (Å²) in [5.74, 6) is 0. The van der Waals surface area contributed by atoms with Gasteiger partial charge in [0.2, 0.25) is 0 Å². The quantitative estimate of drug-likeness (QED) is 0.830. The van der Waals surface area contributed by atoms with E-state index in [1.54, 1.807) is 0 Å². The molecule has 20 heavy (non-hydrogen) atoms. The minimum atomic E-state index is 0.691. The van der Waals surface area contributed by atoms with Crippen molar-refractivity contribution in [3.8, 4) is 17.3 Å². The summed E-state index contributed by atoms with van der Waals surface area (Å²) in [4.78, 5) is 4.61. The third kappa shape index (κ3) is 2.62. The Balaban J connectivity index is 1.96. The maximum Gasteiger partial charge on any atom is 0.136 e. The lowest BCUT2D eigenvalue weighted by Gasteiger charge is -2.01. The smallest absolute Gasteiger partial charge is 0.136 e. The summed E-state index contributed by atoms with van der Waals surface area (Å²) in [5.41, 5.74) is 3.71. The molecule has 1 saturated heterocycles. The Morgan fingerprint density at radius 3 is 2.80 bits per heavy atom. The molecule has 1 fully saturated rings. The molecule has 0 spiro atoms. The van der Waals surface area contributed by atoms with Gasteiger partial charge in [-0.2, -0.15) is 5.26 Å². The number of nitriles is 1. The highest BCUT2D eigenvalue weighted by molar-refractivity contribution is 9.10. The highest BCUT2D eigenvalue weighted by Crippen LogP contribution is 2.29. The Morgan fingerprint density at radius 2 is 2.15 bits per heavy atom. The largest absolute Gasteiger partial charge is 0.387 e. The van der Waals surface area contributed by atoms with Gasteiger partial charge in [-0.05, 0) is 25.0 Å². The monoisotopic (exact) mass is 345 g/mol. The van der Waals surface area contributed by atoms with Crippen molar-refractivity contribution < 1.29 is 0 Å². The molecular formula is C15H12BrN3S. The van der Waals surface area contributed by atoms with Crippen LogP contribution in [0.2, 0.25) is 0 Å². The predicted octanol–water partition coefficient (Wildman–Crippen LogP) is 4.19. The van der Waals surface area contributed by atoms with Crippen LogP contribution in [0.25, 0.3) is 16.8 Å². The lowest BCUT2D eigenvalue weighted by atomic mass is 10.1. The Hall–Kier alpha value is -1.64. The van der Waals surface area contributed by atoms with Crippen LogP contribution in [0.15, 0.2) is 39.8 Å². The van der Waals surface area contributed by atoms with E-state index < -0.39 is 0 Å². The maximum atomic E-state index is 9.37. The van der Waals surface area contributed by atoms with Gasteiger partial charge in [0.05, 0.1) is 5.69 Å². The summed E-state index contributed by atoms with van der Waals surface area (Å²) in [6.45, 7) is 0.950. The molecule has 2 heterocycles. The van der Waals surface area contributed by atoms with Crippen LogP contribution in [-0.2, 0) is 0 Å². The molecule has 100 valence electrons. The van der Waals surface area contributed by atoms with Crippen LogP contribution < -0.4 is 5.32 Å². The van der Waals surface area contributed by atoms with Crippen LogP contribution in [0.5, 0.6) is 0 Å². The number of aromatic nitrogens is 1. The minimum absolute atomic E-state index is 0.691. The lowest BCUT2D eigenvalue weighted by molar-refractivity contribution is 0.904. The Kier molecular flexibility index (Phi) is 3.86. The van der Waals surface area contributed by atoms with Crippen molar-refractivity contribution in [1.29, 1.82) is 5.26 Å². The third-order valence-electron chi connectivity index (χ3n) is 3.21. The summed E-state index contributed by atoms with van der Waals surface area (Å²) in [6, 6.07) is 10.3. The summed E-state index contributed by atoms with van der Waals surface area (Å²) >= 11 is 4.95. The van der Waals surface area contributed by atoms with E-state index in [0.717, 1.165) is 45.8 Å². The van der Waals surface area contributed by atoms with Gasteiger partial charge in [-0.3, -0.25) is 0 Å². The number of nitrogens with one attached hydrogen (secondary N) is 1. The van der Waals surface area contributed by atoms with Crippen molar-refractivity contribution in [3.63, 3.8) is 0 Å². The second-order valence-corrected chi connectivity index (χ2v) is 6.31. The summed E-state index contributed by atoms with van der Waals surface area (Å²) in [7, 11) is 0. The molecule has 1 aliphatic heterocycles. The molecule has 1 aromatic carbocycles. The molecule has 5 heteroatoms. The van der Waals surface area contributed by atoms with E-state index in [9.17, 15) is 5.26 Å². The molecule has 0 saturated carbocycles. The topological polar surface area (TPSA) is 48.7 Å². The number of allylic oxidation sites excluding steroid dienone is 2. The maximum absolute atomic E-state index is 9.37. The van der Waals surface area contributed by atoms with Gasteiger partial charge in [0.1, 0.15) is 16.6 Å². The lowest BCUT2D eigenvalue weighted by Crippen LogP contribution is -2.05. The van der Waals surface area contributed by atoms with Crippen molar-refractivity contribution >= 4 is 32.8 Å². The van der Waals surface area contributed by atoms with Crippen molar-refractivity contribution in [3.05, 3.63) is 44.8 Å². The first-order valence-corrected chi connectivity index (χ1v) is 8.04. The first-order valence-electron chi connectivity index (χ1n) is 6.37. The van der Waals surface area contributed by atoms with Crippen molar-refractivity contribution in [2.24, 2.45) is 0 Å². The number of hydrogen-bond acceptors (Lipinski definition) is 4. The zero-order valence-electron chi connectivity index (χ0n) is 10.7. The van der Waals surface area contributed by atoms with Gasteiger partial charge >= 0.3 is 0 Å². The van der Waals surface area contributed by atoms with Crippen LogP contribution in [0.4, 0.5) is 0 Å². The van der Waals surface area contributed by atoms with Crippen LogP contribution in [0.1, 0.15) is 17.8 Å². The third-order valence-corrected chi connectivity index (χ3v) is 4.60. The summed E-state index contributed by atoms with van der Waals surface area (Å²) in [6.07, 6.45) is 2.03. The van der Waals surface area contributed by atoms with Crippen LogP contribution in [0, 0.1) is 11.3 Å². The first kappa shape index (κ1) is 13.3. The fraction of sp³-hybridized carbons (Fsp3) is 0.200. The minimum Gasteiger partial charge on any atom is -0.387 e. The number of hydrogen-bond donors (Lipinski definition) is 1. The van der Waals surface area contributed by atoms with Crippen molar-refractivity contribution in [1.82, 2.24) is 10.3 Å². The molecule has 0 bridgehead atoms. The fourth-order valence-corrected chi connectivity index (χ4v) is 3.31. The van der Waals surface area contributed by atoms with Gasteiger partial charge in [-0.25, -0.2) is 4.98 Å². The highest BCUT2D eigenvalue weighted by Gasteiger charge is 2.16. The number of halogens is 1. The van der Waals surface area contributed by atoms with E-state index in [4.69, 9.17) is 0 Å². The molecule has 0 aliphatic carbocycles. The molecule has 3 nitrogen and oxygen atoms in total. The van der Waals surface area contributed by atoms with Gasteiger partial charge < -0.3 is 5.32 Å². The SMILES string of the molecule is N#C/C(=C1/CCCN1)c1nc(-c2ccc(Br)cc2)cs1. The van der Waals surface area contributed by atoms with Gasteiger partial charge in [0, 0.05) is 27.7 Å². The second kappa shape index (κ2) is 5.78. The number of benzene rings is 1. The first-order chi connectivity index (χ1) is 9.78. The number of rotatable bonds is 2. The Labute approximate surface area is 130 Å². The zero-order valence-corrected chi connectivity index (χ0v) is 13.1. The fourth-order valence-electron chi connectivity index (χ4n) is 2.19. The van der Waals surface area contributed by atoms with Crippen LogP contribution >= 0.6 is 27.3 Å². The average molecular weight is 346 g/mol. The van der Waals surface area contributed by atoms with Crippen LogP contribution in [-0.4, -0.2) is 11.5 Å². The molecule has 0 atom stereocenters. The normalized spacial score (nSPS) is 16.6. The highest BCUT2D eigenvalue weighted by atomic mass is 79.9. The van der Waals surface area contributed by atoms with Crippen molar-refractivity contribution in [2.75, 3.05) is 6.54 Å². The second-order valence-electron chi connectivity index (χ2n) is 4.54. The molecule has 0 amide bonds. The van der Waals surface area contributed by atoms with Gasteiger partial charge in [0.15, 0.2) is 0 Å². The van der Waals surface area contributed by atoms with Gasteiger partial charge in [-0.1, -0.05) is 28.1 Å². The van der Waals surface area contributed by atoms with E-state index >= 15 is 0 Å². The number of nitrogens with zero attached hydrogens (tertiary/aromatic N) is 2. The van der Waals surface area contributed by atoms with E-state index in [0.29, 0.717) is 5.57 Å². The average Bonchev–Trinajstić information content (AvgIpc) is 3.12. The molecule has 1 aliphatic rings. The molecular weight excluding hydrogens is 334 g/mol. The molecule has 0 radical (unpaired) electrons. The summed E-state index contributed by atoms with van der Waals surface area (Å²) < 4.78 is 1.05. The number of thiazole rings is 1. The Bertz CT molecular complexity index is 687. The zero-order chi connectivity index (χ0) is 13.9. The van der Waals surface area contributed by atoms with E-state index in [2.05, 4.69) is 32.3 Å². The van der Waals surface area contributed by atoms with Crippen LogP contribution in [0.3, 0.4) is 0 Å². The molecule has 1 aromatic heterocycles. The molecule has 1 N–H and O–H groups in total. The Morgan fingerprint density at radius 1 is 1.35 bits per heavy atom. The van der Waals surface area contributed by atoms with Crippen molar-refractivity contribution in [2.45, 2.75) is 12.8 Å². The van der Waals surface area contributed by atoms with E-state index in [-0.39, 0.29) is 0 Å².